The predicted molar refractivity (Wildman–Crippen MR) is 58.7 cm³/mol. The lowest BCUT2D eigenvalue weighted by atomic mass is 10.1. The number of nitrogens with zero attached hydrogens (tertiary/aromatic N) is 1. The van der Waals surface area contributed by atoms with Crippen LogP contribution in [0.25, 0.3) is 0 Å². The summed E-state index contributed by atoms with van der Waals surface area (Å²) in [7, 11) is 1.33. The number of ether oxygens (including phenoxy) is 1. The maximum Gasteiger partial charge on any atom is 0.341 e. The summed E-state index contributed by atoms with van der Waals surface area (Å²) in [6, 6.07) is 1.74. The fraction of sp³-hybridized carbons (Fsp3) is 0.455. The molecule has 0 radical (unpaired) electrons. The van der Waals surface area contributed by atoms with Crippen molar-refractivity contribution >= 4 is 11.7 Å². The Kier molecular flexibility index (Phi) is 3.66. The van der Waals surface area contributed by atoms with Gasteiger partial charge in [-0.3, -0.25) is 4.98 Å². The summed E-state index contributed by atoms with van der Waals surface area (Å²) >= 11 is 0. The van der Waals surface area contributed by atoms with Crippen molar-refractivity contribution in [3.8, 4) is 0 Å². The Morgan fingerprint density at radius 3 is 2.73 bits per heavy atom. The molecule has 0 spiro atoms. The van der Waals surface area contributed by atoms with E-state index in [1.165, 1.54) is 7.11 Å². The molecule has 0 unspecified atom stereocenters. The maximum absolute atomic E-state index is 11.4. The zero-order valence-electron chi connectivity index (χ0n) is 9.33. The van der Waals surface area contributed by atoms with E-state index in [4.69, 9.17) is 5.73 Å². The van der Waals surface area contributed by atoms with Crippen LogP contribution >= 0.6 is 0 Å². The number of esters is 1. The summed E-state index contributed by atoms with van der Waals surface area (Å²) < 4.78 is 4.64. The highest BCUT2D eigenvalue weighted by molar-refractivity contribution is 5.96. The fourth-order valence-electron chi connectivity index (χ4n) is 1.52. The van der Waals surface area contributed by atoms with Crippen molar-refractivity contribution in [3.63, 3.8) is 0 Å². The van der Waals surface area contributed by atoms with Crippen molar-refractivity contribution < 1.29 is 9.53 Å². The molecule has 1 rings (SSSR count). The highest BCUT2D eigenvalue weighted by Crippen LogP contribution is 2.18. The number of nitrogens with two attached hydrogens (primary N) is 1. The van der Waals surface area contributed by atoms with E-state index in [9.17, 15) is 4.79 Å². The molecule has 0 bridgehead atoms. The van der Waals surface area contributed by atoms with Gasteiger partial charge < -0.3 is 10.5 Å². The van der Waals surface area contributed by atoms with Gasteiger partial charge in [-0.1, -0.05) is 13.3 Å². The van der Waals surface area contributed by atoms with Gasteiger partial charge in [-0.25, -0.2) is 4.79 Å². The first kappa shape index (κ1) is 11.5. The van der Waals surface area contributed by atoms with Gasteiger partial charge in [0.05, 0.1) is 12.8 Å². The van der Waals surface area contributed by atoms with Crippen molar-refractivity contribution in [3.05, 3.63) is 23.0 Å². The van der Waals surface area contributed by atoms with Gasteiger partial charge in [0.1, 0.15) is 5.56 Å². The van der Waals surface area contributed by atoms with E-state index < -0.39 is 5.97 Å². The number of pyridine rings is 1. The molecule has 82 valence electrons. The second-order valence-electron chi connectivity index (χ2n) is 3.40. The van der Waals surface area contributed by atoms with Gasteiger partial charge in [-0.2, -0.15) is 0 Å². The quantitative estimate of drug-likeness (QED) is 0.768. The molecule has 0 aromatic carbocycles. The SMILES string of the molecule is CCCc1cc(N)c(C(=O)OC)c(C)n1. The van der Waals surface area contributed by atoms with Crippen molar-refractivity contribution in [1.82, 2.24) is 4.98 Å². The van der Waals surface area contributed by atoms with Crippen LogP contribution in [0.1, 0.15) is 35.1 Å². The Hall–Kier alpha value is -1.58. The fourth-order valence-corrected chi connectivity index (χ4v) is 1.52. The third-order valence-corrected chi connectivity index (χ3v) is 2.18. The van der Waals surface area contributed by atoms with Crippen molar-refractivity contribution in [2.45, 2.75) is 26.7 Å². The Morgan fingerprint density at radius 2 is 2.27 bits per heavy atom. The number of rotatable bonds is 3. The zero-order chi connectivity index (χ0) is 11.4. The van der Waals surface area contributed by atoms with Crippen molar-refractivity contribution in [2.75, 3.05) is 12.8 Å². The number of hydrogen-bond donors (Lipinski definition) is 1. The minimum Gasteiger partial charge on any atom is -0.465 e. The standard InChI is InChI=1S/C11H16N2O2/c1-4-5-8-6-9(12)10(7(2)13-8)11(14)15-3/h6H,4-5H2,1-3H3,(H2,12,13). The third kappa shape index (κ3) is 2.46. The summed E-state index contributed by atoms with van der Waals surface area (Å²) in [5.41, 5.74) is 8.15. The molecule has 0 aliphatic heterocycles. The van der Waals surface area contributed by atoms with Gasteiger partial charge in [-0.05, 0) is 19.4 Å². The van der Waals surface area contributed by atoms with Crippen LogP contribution in [0.2, 0.25) is 0 Å². The Morgan fingerprint density at radius 1 is 1.60 bits per heavy atom. The Balaban J connectivity index is 3.15. The Labute approximate surface area is 89.5 Å². The smallest absolute Gasteiger partial charge is 0.341 e. The number of carbonyl (C=O) groups excluding carboxylic acids is 1. The van der Waals surface area contributed by atoms with E-state index >= 15 is 0 Å². The number of carbonyl (C=O) groups is 1. The summed E-state index contributed by atoms with van der Waals surface area (Å²) in [6.45, 7) is 3.84. The first-order valence-electron chi connectivity index (χ1n) is 4.94. The molecule has 1 aromatic rings. The minimum absolute atomic E-state index is 0.373. The molecular weight excluding hydrogens is 192 g/mol. The molecule has 2 N–H and O–H groups in total. The van der Waals surface area contributed by atoms with E-state index in [-0.39, 0.29) is 0 Å². The lowest BCUT2D eigenvalue weighted by Crippen LogP contribution is -2.10. The zero-order valence-corrected chi connectivity index (χ0v) is 9.33. The molecule has 1 aromatic heterocycles. The van der Waals surface area contributed by atoms with Crippen LogP contribution in [-0.2, 0) is 11.2 Å². The average molecular weight is 208 g/mol. The van der Waals surface area contributed by atoms with Crippen LogP contribution in [0.4, 0.5) is 5.69 Å². The van der Waals surface area contributed by atoms with E-state index in [1.807, 2.05) is 0 Å². The normalized spacial score (nSPS) is 10.1. The topological polar surface area (TPSA) is 65.2 Å². The summed E-state index contributed by atoms with van der Waals surface area (Å²) in [6.07, 6.45) is 1.87. The summed E-state index contributed by atoms with van der Waals surface area (Å²) in [4.78, 5) is 15.7. The molecule has 0 fully saturated rings. The third-order valence-electron chi connectivity index (χ3n) is 2.18. The van der Waals surface area contributed by atoms with Crippen LogP contribution in [0, 0.1) is 6.92 Å². The molecule has 0 atom stereocenters. The first-order chi connectivity index (χ1) is 7.10. The van der Waals surface area contributed by atoms with Gasteiger partial charge >= 0.3 is 5.97 Å². The van der Waals surface area contributed by atoms with Crippen LogP contribution < -0.4 is 5.73 Å². The summed E-state index contributed by atoms with van der Waals surface area (Å²) in [5, 5.41) is 0. The van der Waals surface area contributed by atoms with Crippen LogP contribution in [0.15, 0.2) is 6.07 Å². The second kappa shape index (κ2) is 4.77. The van der Waals surface area contributed by atoms with Crippen LogP contribution in [-0.4, -0.2) is 18.1 Å². The Bertz CT molecular complexity index is 352. The van der Waals surface area contributed by atoms with E-state index in [0.717, 1.165) is 18.5 Å². The van der Waals surface area contributed by atoms with E-state index in [1.54, 1.807) is 13.0 Å². The van der Waals surface area contributed by atoms with Gasteiger partial charge in [0.2, 0.25) is 0 Å². The molecule has 0 aliphatic carbocycles. The lowest BCUT2D eigenvalue weighted by molar-refractivity contribution is 0.0600. The largest absolute Gasteiger partial charge is 0.465 e. The van der Waals surface area contributed by atoms with Gasteiger partial charge in [-0.15, -0.1) is 0 Å². The molecule has 1 heterocycles. The molecule has 0 amide bonds. The number of hydrogen-bond acceptors (Lipinski definition) is 4. The molecule has 4 heteroatoms. The van der Waals surface area contributed by atoms with E-state index in [2.05, 4.69) is 16.6 Å². The number of methoxy groups -OCH3 is 1. The molecule has 4 nitrogen and oxygen atoms in total. The number of nitrogen functional groups attached to an aromatic ring is 1. The van der Waals surface area contributed by atoms with Crippen molar-refractivity contribution in [2.24, 2.45) is 0 Å². The minimum atomic E-state index is -0.430. The average Bonchev–Trinajstić information content (AvgIpc) is 2.16. The van der Waals surface area contributed by atoms with E-state index in [0.29, 0.717) is 16.9 Å². The molecular formula is C11H16N2O2. The molecule has 0 saturated heterocycles. The lowest BCUT2D eigenvalue weighted by Gasteiger charge is -2.09. The predicted octanol–water partition coefficient (Wildman–Crippen LogP) is 1.71. The number of anilines is 1. The van der Waals surface area contributed by atoms with Gasteiger partial charge in [0.25, 0.3) is 0 Å². The maximum atomic E-state index is 11.4. The molecule has 0 saturated carbocycles. The van der Waals surface area contributed by atoms with Crippen LogP contribution in [0.3, 0.4) is 0 Å². The first-order valence-corrected chi connectivity index (χ1v) is 4.94. The van der Waals surface area contributed by atoms with Gasteiger partial charge in [0.15, 0.2) is 0 Å². The molecule has 0 aliphatic rings. The second-order valence-corrected chi connectivity index (χ2v) is 3.40. The highest BCUT2D eigenvalue weighted by atomic mass is 16.5. The van der Waals surface area contributed by atoms with Crippen molar-refractivity contribution in [1.29, 1.82) is 0 Å². The number of aryl methyl sites for hydroxylation is 2. The highest BCUT2D eigenvalue weighted by Gasteiger charge is 2.15. The molecule has 15 heavy (non-hydrogen) atoms. The number of aromatic nitrogens is 1. The monoisotopic (exact) mass is 208 g/mol. The van der Waals surface area contributed by atoms with Crippen LogP contribution in [0.5, 0.6) is 0 Å². The summed E-state index contributed by atoms with van der Waals surface area (Å²) in [5.74, 6) is -0.430. The van der Waals surface area contributed by atoms with Gasteiger partial charge in [0, 0.05) is 11.4 Å².